The molecule has 0 saturated carbocycles. The van der Waals surface area contributed by atoms with Gasteiger partial charge >= 0.3 is 0 Å². The van der Waals surface area contributed by atoms with Crippen molar-refractivity contribution < 1.29 is 997 Å². The maximum absolute atomic E-state index is 0. The maximum Gasteiger partial charge on any atom is 0 e. The third kappa shape index (κ3) is 182. The molecule has 0 spiro atoms. The van der Waals surface area contributed by atoms with Gasteiger partial charge in [0.05, 0.1) is 0 Å². The van der Waals surface area contributed by atoms with Crippen molar-refractivity contribution in [2.45, 2.75) is 0 Å². The van der Waals surface area contributed by atoms with Crippen LogP contribution in [0.2, 0.25) is 0 Å². The van der Waals surface area contributed by atoms with Crippen LogP contribution in [0, 0.1) is 997 Å². The molecule has 28 heavy (non-hydrogen) atoms. The Morgan fingerprint density at radius 3 is 0.0357 bits per heavy atom. The number of rotatable bonds is 0. The van der Waals surface area contributed by atoms with Gasteiger partial charge in [-0.1, -0.05) is 0 Å². The summed E-state index contributed by atoms with van der Waals surface area (Å²) in [5, 5.41) is 0. The summed E-state index contributed by atoms with van der Waals surface area (Å²) < 4.78 is 0. The van der Waals surface area contributed by atoms with Gasteiger partial charge in [0.25, 0.3) is 0 Å². The smallest absolute Gasteiger partial charge is 0 e. The molecule has 0 bridgehead atoms. The summed E-state index contributed by atoms with van der Waals surface area (Å²) in [6.07, 6.45) is 0. The van der Waals surface area contributed by atoms with Crippen LogP contribution in [-0.2, 0) is 0 Å². The summed E-state index contributed by atoms with van der Waals surface area (Å²) in [6, 6.07) is 0. The molecule has 0 saturated heterocycles. The molecule has 0 rings (SSSR count). The van der Waals surface area contributed by atoms with Crippen LogP contribution in [0.15, 0.2) is 0 Å². The van der Waals surface area contributed by atoms with E-state index in [-0.39, 0.29) is 997 Å². The van der Waals surface area contributed by atoms with Gasteiger partial charge in [0.2, 0.25) is 0 Å². The molecular formula is La28. The Bertz CT molecular complexity index is 0. The normalized spacial score (nSPS) is 0. The molecule has 0 aromatic heterocycles. The molecule has 84 valence electrons. The fourth-order valence-corrected chi connectivity index (χ4v) is 0. The molecule has 0 nitrogen and oxygen atoms in total. The second-order valence-electron chi connectivity index (χ2n) is 0. The van der Waals surface area contributed by atoms with Gasteiger partial charge in [-0.3, -0.25) is 0 Å². The van der Waals surface area contributed by atoms with Crippen LogP contribution in [0.25, 0.3) is 0 Å². The Hall–Kier alpha value is 33.5. The zero-order valence-corrected chi connectivity index (χ0v) is 118. The average molecular weight is 3890 g/mol. The first-order valence-electron chi connectivity index (χ1n) is 0. The van der Waals surface area contributed by atoms with Crippen LogP contribution in [0.1, 0.15) is 0 Å². The first kappa shape index (κ1) is 201. The van der Waals surface area contributed by atoms with E-state index < -0.39 is 0 Å². The summed E-state index contributed by atoms with van der Waals surface area (Å²) in [5.74, 6) is 0. The first-order valence-corrected chi connectivity index (χ1v) is 0. The van der Waals surface area contributed by atoms with Gasteiger partial charge in [0.1, 0.15) is 0 Å². The predicted octanol–water partition coefficient (Wildman–Crippen LogP) is 0. The van der Waals surface area contributed by atoms with Crippen LogP contribution in [0.4, 0.5) is 0 Å². The summed E-state index contributed by atoms with van der Waals surface area (Å²) >= 11 is 0. The Morgan fingerprint density at radius 1 is 0.0357 bits per heavy atom. The van der Waals surface area contributed by atoms with Crippen molar-refractivity contribution in [2.24, 2.45) is 0 Å². The zero-order valence-electron chi connectivity index (χ0n) is 16.2. The molecule has 0 aromatic carbocycles. The van der Waals surface area contributed by atoms with Crippen molar-refractivity contribution >= 4 is 0 Å². The molecule has 0 aliphatic carbocycles. The van der Waals surface area contributed by atoms with Crippen LogP contribution in [0.5, 0.6) is 0 Å². The van der Waals surface area contributed by atoms with Gasteiger partial charge in [-0.15, -0.1) is 0 Å². The Balaban J connectivity index is 0. The van der Waals surface area contributed by atoms with E-state index >= 15 is 0 Å². The molecule has 28 heteroatoms. The molecule has 0 aliphatic heterocycles. The Kier molecular flexibility index (Phi) is 1370. The maximum atomic E-state index is 0. The van der Waals surface area contributed by atoms with Crippen molar-refractivity contribution in [3.8, 4) is 0 Å². The molecule has 0 fully saturated rings. The Labute approximate surface area is 956 Å². The topological polar surface area (TPSA) is 0 Å². The standard InChI is InChI=1S/28La. The summed E-state index contributed by atoms with van der Waals surface area (Å²) in [4.78, 5) is 0. The summed E-state index contributed by atoms with van der Waals surface area (Å²) in [5.41, 5.74) is 0. The van der Waals surface area contributed by atoms with Crippen LogP contribution in [0.3, 0.4) is 0 Å². The summed E-state index contributed by atoms with van der Waals surface area (Å²) in [7, 11) is 0. The molecule has 0 aromatic rings. The SMILES string of the molecule is [La].[La].[La].[La].[La].[La].[La].[La].[La].[La].[La].[La].[La].[La].[La].[La].[La].[La].[La].[La].[La].[La].[La].[La].[La].[La].[La].[La]. The van der Waals surface area contributed by atoms with Crippen LogP contribution >= 0.6 is 0 Å². The van der Waals surface area contributed by atoms with E-state index in [1.165, 1.54) is 0 Å². The van der Waals surface area contributed by atoms with Crippen molar-refractivity contribution in [2.75, 3.05) is 0 Å². The van der Waals surface area contributed by atoms with E-state index in [1.807, 2.05) is 0 Å². The van der Waals surface area contributed by atoms with Crippen LogP contribution < -0.4 is 0 Å². The van der Waals surface area contributed by atoms with E-state index in [2.05, 4.69) is 0 Å². The quantitative estimate of drug-likeness (QED) is 0.321. The molecule has 0 unspecified atom stereocenters. The summed E-state index contributed by atoms with van der Waals surface area (Å²) in [6.45, 7) is 0. The minimum absolute atomic E-state index is 0. The minimum Gasteiger partial charge on any atom is 0 e. The number of hydrogen-bond donors (Lipinski definition) is 0. The second-order valence-corrected chi connectivity index (χ2v) is 0. The van der Waals surface area contributed by atoms with Gasteiger partial charge in [0, 0.05) is 997 Å². The molecule has 28 radical (unpaired) electrons. The minimum atomic E-state index is 0. The fourth-order valence-electron chi connectivity index (χ4n) is 0. The van der Waals surface area contributed by atoms with E-state index in [4.69, 9.17) is 0 Å². The van der Waals surface area contributed by atoms with Gasteiger partial charge < -0.3 is 0 Å². The van der Waals surface area contributed by atoms with E-state index in [9.17, 15) is 0 Å². The molecule has 0 aliphatic rings. The average Bonchev–Trinajstić information content (AvgIpc) is 0. The number of hydrogen-bond acceptors (Lipinski definition) is 0. The third-order valence-corrected chi connectivity index (χ3v) is 0. The molecule has 0 heterocycles. The second kappa shape index (κ2) is 191. The molecule has 0 atom stereocenters. The van der Waals surface area contributed by atoms with Gasteiger partial charge in [-0.05, 0) is 0 Å². The van der Waals surface area contributed by atoms with E-state index in [1.54, 1.807) is 0 Å². The molecule has 0 N–H and O–H groups in total. The predicted molar refractivity (Wildman–Crippen MR) is 0 cm³/mol. The zero-order chi connectivity index (χ0) is 0. The Morgan fingerprint density at radius 2 is 0.0357 bits per heavy atom. The largest absolute Gasteiger partial charge is 0 e. The molecular weight excluding hydrogens is 3890 g/mol. The van der Waals surface area contributed by atoms with Crippen molar-refractivity contribution in [1.29, 1.82) is 0 Å². The monoisotopic (exact) mass is 3890 g/mol. The fraction of sp³-hybridized carbons (Fsp3) is 0. The molecule has 0 amide bonds. The van der Waals surface area contributed by atoms with Gasteiger partial charge in [0.15, 0.2) is 0 Å². The van der Waals surface area contributed by atoms with Crippen molar-refractivity contribution in [1.82, 2.24) is 0 Å². The van der Waals surface area contributed by atoms with Crippen molar-refractivity contribution in [3.63, 3.8) is 0 Å². The van der Waals surface area contributed by atoms with Crippen LogP contribution in [-0.4, -0.2) is 0 Å². The van der Waals surface area contributed by atoms with Crippen molar-refractivity contribution in [3.05, 3.63) is 0 Å². The van der Waals surface area contributed by atoms with E-state index in [0.717, 1.165) is 0 Å². The third-order valence-electron chi connectivity index (χ3n) is 0. The first-order chi connectivity index (χ1) is 0. The van der Waals surface area contributed by atoms with Gasteiger partial charge in [-0.2, -0.15) is 0 Å². The van der Waals surface area contributed by atoms with E-state index in [0.29, 0.717) is 0 Å². The van der Waals surface area contributed by atoms with Gasteiger partial charge in [-0.25, -0.2) is 0 Å².